The summed E-state index contributed by atoms with van der Waals surface area (Å²) in [5, 5.41) is 8.51. The minimum Gasteiger partial charge on any atom is -0.324 e. The van der Waals surface area contributed by atoms with Crippen LogP contribution in [-0.4, -0.2) is 25.9 Å². The third-order valence-electron chi connectivity index (χ3n) is 2.47. The fraction of sp³-hybridized carbons (Fsp3) is 0.889. The van der Waals surface area contributed by atoms with Crippen molar-refractivity contribution < 1.29 is 0 Å². The number of hydrogen-bond donors (Lipinski definition) is 0. The van der Waals surface area contributed by atoms with E-state index >= 15 is 0 Å². The van der Waals surface area contributed by atoms with Crippen LogP contribution in [0.5, 0.6) is 0 Å². The summed E-state index contributed by atoms with van der Waals surface area (Å²) in [7, 11) is -1.24. The van der Waals surface area contributed by atoms with E-state index in [-0.39, 0.29) is 0 Å². The first kappa shape index (κ1) is 11.7. The molecule has 0 aromatic rings. The van der Waals surface area contributed by atoms with Gasteiger partial charge in [-0.2, -0.15) is 5.26 Å². The summed E-state index contributed by atoms with van der Waals surface area (Å²) in [5.41, 5.74) is 0. The Labute approximate surface area is 77.3 Å². The minimum absolute atomic E-state index is 0.718. The first-order chi connectivity index (χ1) is 5.58. The van der Waals surface area contributed by atoms with Crippen molar-refractivity contribution in [3.8, 4) is 6.07 Å². The SMILES string of the molecule is CCN(CC)[Si](C)(C)CCC#N. The molecule has 0 amide bonds. The van der Waals surface area contributed by atoms with Gasteiger partial charge in [-0.1, -0.05) is 26.9 Å². The van der Waals surface area contributed by atoms with Crippen LogP contribution >= 0.6 is 0 Å². The molecule has 0 aliphatic carbocycles. The summed E-state index contributed by atoms with van der Waals surface area (Å²) in [5.74, 6) is 0. The van der Waals surface area contributed by atoms with Crippen molar-refractivity contribution in [3.05, 3.63) is 0 Å². The summed E-state index contributed by atoms with van der Waals surface area (Å²) in [6.45, 7) is 11.3. The molecular weight excluding hydrogens is 164 g/mol. The molecule has 0 fully saturated rings. The van der Waals surface area contributed by atoms with Crippen LogP contribution in [0.2, 0.25) is 19.1 Å². The largest absolute Gasteiger partial charge is 0.324 e. The molecule has 0 aliphatic rings. The van der Waals surface area contributed by atoms with Crippen molar-refractivity contribution in [1.29, 1.82) is 5.26 Å². The number of nitriles is 1. The normalized spacial score (nSPS) is 11.7. The second-order valence-electron chi connectivity index (χ2n) is 3.64. The van der Waals surface area contributed by atoms with Gasteiger partial charge in [-0.05, 0) is 19.1 Å². The van der Waals surface area contributed by atoms with Crippen LogP contribution in [0.1, 0.15) is 20.3 Å². The van der Waals surface area contributed by atoms with Gasteiger partial charge in [0, 0.05) is 6.42 Å². The van der Waals surface area contributed by atoms with Gasteiger partial charge in [0.15, 0.2) is 0 Å². The van der Waals surface area contributed by atoms with Gasteiger partial charge in [-0.3, -0.25) is 0 Å². The van der Waals surface area contributed by atoms with E-state index in [1.54, 1.807) is 0 Å². The lowest BCUT2D eigenvalue weighted by Crippen LogP contribution is -2.48. The highest BCUT2D eigenvalue weighted by atomic mass is 28.3. The molecule has 0 spiro atoms. The van der Waals surface area contributed by atoms with E-state index in [0.717, 1.165) is 25.6 Å². The molecule has 3 heteroatoms. The molecular formula is C9H20N2Si. The zero-order chi connectivity index (χ0) is 9.61. The van der Waals surface area contributed by atoms with Crippen LogP contribution < -0.4 is 0 Å². The van der Waals surface area contributed by atoms with Crippen molar-refractivity contribution in [1.82, 2.24) is 4.57 Å². The van der Waals surface area contributed by atoms with Crippen LogP contribution in [0.3, 0.4) is 0 Å². The molecule has 0 aliphatic heterocycles. The summed E-state index contributed by atoms with van der Waals surface area (Å²) in [4.78, 5) is 0. The van der Waals surface area contributed by atoms with Crippen molar-refractivity contribution in [2.45, 2.75) is 39.4 Å². The number of nitrogens with zero attached hydrogens (tertiary/aromatic N) is 2. The number of rotatable bonds is 5. The predicted octanol–water partition coefficient (Wildman–Crippen LogP) is 2.45. The molecule has 0 rings (SSSR count). The first-order valence-corrected chi connectivity index (χ1v) is 7.86. The predicted molar refractivity (Wildman–Crippen MR) is 55.4 cm³/mol. The van der Waals surface area contributed by atoms with Crippen molar-refractivity contribution in [2.24, 2.45) is 0 Å². The summed E-state index contributed by atoms with van der Waals surface area (Å²) in [6.07, 6.45) is 0.718. The van der Waals surface area contributed by atoms with E-state index in [1.807, 2.05) is 0 Å². The molecule has 0 unspecified atom stereocenters. The summed E-state index contributed by atoms with van der Waals surface area (Å²) < 4.78 is 2.53. The van der Waals surface area contributed by atoms with E-state index in [2.05, 4.69) is 37.6 Å². The molecule has 12 heavy (non-hydrogen) atoms. The molecule has 0 heterocycles. The molecule has 70 valence electrons. The van der Waals surface area contributed by atoms with Crippen molar-refractivity contribution in [3.63, 3.8) is 0 Å². The van der Waals surface area contributed by atoms with E-state index in [9.17, 15) is 0 Å². The zero-order valence-electron chi connectivity index (χ0n) is 8.72. The second kappa shape index (κ2) is 5.34. The lowest BCUT2D eigenvalue weighted by molar-refractivity contribution is 0.464. The summed E-state index contributed by atoms with van der Waals surface area (Å²) in [6, 6.07) is 3.34. The standard InChI is InChI=1S/C9H20N2Si/c1-5-11(6-2)12(3,4)9-7-8-10/h5-7,9H2,1-4H3. The Morgan fingerprint density at radius 2 is 1.75 bits per heavy atom. The van der Waals surface area contributed by atoms with E-state index in [0.29, 0.717) is 0 Å². The Bertz CT molecular complexity index is 156. The van der Waals surface area contributed by atoms with Gasteiger partial charge in [0.1, 0.15) is 8.24 Å². The molecule has 0 bridgehead atoms. The molecule has 2 nitrogen and oxygen atoms in total. The number of hydrogen-bond acceptors (Lipinski definition) is 2. The molecule has 0 saturated carbocycles. The molecule has 0 atom stereocenters. The Morgan fingerprint density at radius 3 is 2.08 bits per heavy atom. The maximum atomic E-state index is 8.51. The average molecular weight is 184 g/mol. The van der Waals surface area contributed by atoms with E-state index < -0.39 is 8.24 Å². The van der Waals surface area contributed by atoms with Crippen LogP contribution in [0.15, 0.2) is 0 Å². The van der Waals surface area contributed by atoms with Crippen LogP contribution in [0, 0.1) is 11.3 Å². The maximum absolute atomic E-state index is 8.51. The molecule has 0 radical (unpaired) electrons. The lowest BCUT2D eigenvalue weighted by atomic mass is 10.6. The van der Waals surface area contributed by atoms with Crippen LogP contribution in [-0.2, 0) is 0 Å². The maximum Gasteiger partial charge on any atom is 0.123 e. The molecule has 0 N–H and O–H groups in total. The molecule has 0 aromatic carbocycles. The third-order valence-corrected chi connectivity index (χ3v) is 6.29. The summed E-state index contributed by atoms with van der Waals surface area (Å²) >= 11 is 0. The third kappa shape index (κ3) is 3.38. The monoisotopic (exact) mass is 184 g/mol. The van der Waals surface area contributed by atoms with Gasteiger partial charge in [-0.25, -0.2) is 0 Å². The smallest absolute Gasteiger partial charge is 0.123 e. The highest BCUT2D eigenvalue weighted by Gasteiger charge is 2.26. The van der Waals surface area contributed by atoms with Crippen molar-refractivity contribution in [2.75, 3.05) is 13.1 Å². The molecule has 0 saturated heterocycles. The fourth-order valence-corrected chi connectivity index (χ4v) is 4.35. The Balaban J connectivity index is 4.07. The van der Waals surface area contributed by atoms with Crippen molar-refractivity contribution >= 4 is 8.24 Å². The Morgan fingerprint density at radius 1 is 1.25 bits per heavy atom. The highest BCUT2D eigenvalue weighted by molar-refractivity contribution is 6.74. The lowest BCUT2D eigenvalue weighted by Gasteiger charge is -2.34. The van der Waals surface area contributed by atoms with Gasteiger partial charge in [-0.15, -0.1) is 0 Å². The van der Waals surface area contributed by atoms with Gasteiger partial charge >= 0.3 is 0 Å². The van der Waals surface area contributed by atoms with Gasteiger partial charge in [0.2, 0.25) is 0 Å². The van der Waals surface area contributed by atoms with Gasteiger partial charge in [0.05, 0.1) is 6.07 Å². The van der Waals surface area contributed by atoms with Crippen LogP contribution in [0.25, 0.3) is 0 Å². The Kier molecular flexibility index (Phi) is 5.19. The zero-order valence-corrected chi connectivity index (χ0v) is 9.72. The Hall–Kier alpha value is -0.333. The fourth-order valence-electron chi connectivity index (χ4n) is 1.60. The topological polar surface area (TPSA) is 27.0 Å². The van der Waals surface area contributed by atoms with E-state index in [1.165, 1.54) is 0 Å². The minimum atomic E-state index is -1.24. The highest BCUT2D eigenvalue weighted by Crippen LogP contribution is 2.16. The van der Waals surface area contributed by atoms with E-state index in [4.69, 9.17) is 5.26 Å². The quantitative estimate of drug-likeness (QED) is 0.614. The van der Waals surface area contributed by atoms with Crippen LogP contribution in [0.4, 0.5) is 0 Å². The van der Waals surface area contributed by atoms with Gasteiger partial charge in [0.25, 0.3) is 0 Å². The average Bonchev–Trinajstić information content (AvgIpc) is 2.03. The second-order valence-corrected chi connectivity index (χ2v) is 8.40. The van der Waals surface area contributed by atoms with Gasteiger partial charge < -0.3 is 4.57 Å². The molecule has 0 aromatic heterocycles. The first-order valence-electron chi connectivity index (χ1n) is 4.70.